The van der Waals surface area contributed by atoms with Crippen LogP contribution in [0.1, 0.15) is 22.9 Å². The minimum absolute atomic E-state index is 0.0743. The predicted molar refractivity (Wildman–Crippen MR) is 70.4 cm³/mol. The average Bonchev–Trinajstić information content (AvgIpc) is 2.68. The van der Waals surface area contributed by atoms with Crippen LogP contribution in [0.5, 0.6) is 0 Å². The Morgan fingerprint density at radius 3 is 2.75 bits per heavy atom. The van der Waals surface area contributed by atoms with Gasteiger partial charge in [-0.25, -0.2) is 8.42 Å². The molecule has 1 aromatic heterocycles. The molecular weight excluding hydrogens is 310 g/mol. The molecule has 1 aliphatic rings. The standard InChI is InChI=1S/C10H14BrNO2S2/c1-6-8(4-9(11)15-6)10(12)7-2-3-16(13,14)5-7/h4,7,10H,2-3,5,12H2,1H3. The molecule has 0 amide bonds. The summed E-state index contributed by atoms with van der Waals surface area (Å²) in [7, 11) is -2.84. The number of halogens is 1. The zero-order chi connectivity index (χ0) is 11.9. The molecule has 0 aromatic carbocycles. The summed E-state index contributed by atoms with van der Waals surface area (Å²) in [6.07, 6.45) is 0.691. The van der Waals surface area contributed by atoms with Crippen LogP contribution >= 0.6 is 27.3 Å². The van der Waals surface area contributed by atoms with Crippen LogP contribution < -0.4 is 5.73 Å². The summed E-state index contributed by atoms with van der Waals surface area (Å²) in [6, 6.07) is 1.86. The number of hydrogen-bond donors (Lipinski definition) is 1. The second kappa shape index (κ2) is 4.40. The van der Waals surface area contributed by atoms with Gasteiger partial charge in [0.15, 0.2) is 9.84 Å². The van der Waals surface area contributed by atoms with Gasteiger partial charge in [0.2, 0.25) is 0 Å². The van der Waals surface area contributed by atoms with Gasteiger partial charge in [-0.05, 0) is 46.8 Å². The van der Waals surface area contributed by atoms with Crippen molar-refractivity contribution in [2.24, 2.45) is 11.7 Å². The highest BCUT2D eigenvalue weighted by atomic mass is 79.9. The lowest BCUT2D eigenvalue weighted by Crippen LogP contribution is -2.22. The van der Waals surface area contributed by atoms with E-state index in [1.807, 2.05) is 13.0 Å². The van der Waals surface area contributed by atoms with E-state index in [1.54, 1.807) is 11.3 Å². The van der Waals surface area contributed by atoms with Crippen molar-refractivity contribution < 1.29 is 8.42 Å². The number of thiophene rings is 1. The molecule has 1 fully saturated rings. The maximum absolute atomic E-state index is 11.4. The van der Waals surface area contributed by atoms with E-state index in [-0.39, 0.29) is 23.5 Å². The quantitative estimate of drug-likeness (QED) is 0.908. The van der Waals surface area contributed by atoms with Crippen LogP contribution in [-0.2, 0) is 9.84 Å². The first-order chi connectivity index (χ1) is 7.39. The van der Waals surface area contributed by atoms with E-state index in [4.69, 9.17) is 5.73 Å². The summed E-state index contributed by atoms with van der Waals surface area (Å²) in [5.41, 5.74) is 7.24. The monoisotopic (exact) mass is 323 g/mol. The van der Waals surface area contributed by atoms with Crippen LogP contribution in [0.3, 0.4) is 0 Å². The van der Waals surface area contributed by atoms with Gasteiger partial charge in [-0.2, -0.15) is 0 Å². The van der Waals surface area contributed by atoms with Gasteiger partial charge in [-0.15, -0.1) is 11.3 Å². The second-order valence-electron chi connectivity index (χ2n) is 4.25. The third-order valence-electron chi connectivity index (χ3n) is 3.06. The largest absolute Gasteiger partial charge is 0.324 e. The van der Waals surface area contributed by atoms with Gasteiger partial charge in [-0.3, -0.25) is 0 Å². The van der Waals surface area contributed by atoms with E-state index in [1.165, 1.54) is 4.88 Å². The van der Waals surface area contributed by atoms with E-state index in [9.17, 15) is 8.42 Å². The molecule has 0 saturated carbocycles. The fraction of sp³-hybridized carbons (Fsp3) is 0.600. The van der Waals surface area contributed by atoms with Crippen LogP contribution in [-0.4, -0.2) is 19.9 Å². The number of hydrogen-bond acceptors (Lipinski definition) is 4. The van der Waals surface area contributed by atoms with Crippen LogP contribution in [0.2, 0.25) is 0 Å². The Bertz CT molecular complexity index is 495. The first kappa shape index (κ1) is 12.5. The minimum Gasteiger partial charge on any atom is -0.324 e. The van der Waals surface area contributed by atoms with Crippen molar-refractivity contribution in [2.45, 2.75) is 19.4 Å². The Morgan fingerprint density at radius 1 is 1.62 bits per heavy atom. The number of rotatable bonds is 2. The molecule has 2 N–H and O–H groups in total. The van der Waals surface area contributed by atoms with Gasteiger partial charge in [0.1, 0.15) is 0 Å². The molecule has 2 atom stereocenters. The van der Waals surface area contributed by atoms with Crippen molar-refractivity contribution >= 4 is 37.1 Å². The summed E-state index contributed by atoms with van der Waals surface area (Å²) in [4.78, 5) is 1.17. The van der Waals surface area contributed by atoms with E-state index < -0.39 is 9.84 Å². The molecule has 2 heterocycles. The predicted octanol–water partition coefficient (Wildman–Crippen LogP) is 2.25. The van der Waals surface area contributed by atoms with Crippen molar-refractivity contribution in [3.05, 3.63) is 20.3 Å². The smallest absolute Gasteiger partial charge is 0.150 e. The van der Waals surface area contributed by atoms with Crippen LogP contribution in [0, 0.1) is 12.8 Å². The average molecular weight is 324 g/mol. The molecule has 1 saturated heterocycles. The van der Waals surface area contributed by atoms with Gasteiger partial charge < -0.3 is 5.73 Å². The molecule has 2 rings (SSSR count). The summed E-state index contributed by atoms with van der Waals surface area (Å²) in [6.45, 7) is 2.02. The second-order valence-corrected chi connectivity index (χ2v) is 9.12. The Labute approximate surface area is 108 Å². The number of sulfone groups is 1. The van der Waals surface area contributed by atoms with Crippen LogP contribution in [0.4, 0.5) is 0 Å². The third-order valence-corrected chi connectivity index (χ3v) is 6.42. The third kappa shape index (κ3) is 2.50. The summed E-state index contributed by atoms with van der Waals surface area (Å²) in [5.74, 6) is 0.599. The highest BCUT2D eigenvalue weighted by molar-refractivity contribution is 9.11. The lowest BCUT2D eigenvalue weighted by molar-refractivity contribution is 0.479. The van der Waals surface area contributed by atoms with Crippen molar-refractivity contribution in [3.63, 3.8) is 0 Å². The lowest BCUT2D eigenvalue weighted by atomic mass is 9.94. The van der Waals surface area contributed by atoms with E-state index in [0.717, 1.165) is 9.35 Å². The molecule has 1 aromatic rings. The van der Waals surface area contributed by atoms with E-state index in [0.29, 0.717) is 6.42 Å². The highest BCUT2D eigenvalue weighted by Crippen LogP contribution is 2.36. The van der Waals surface area contributed by atoms with Crippen molar-refractivity contribution in [2.75, 3.05) is 11.5 Å². The van der Waals surface area contributed by atoms with Crippen molar-refractivity contribution in [1.29, 1.82) is 0 Å². The SMILES string of the molecule is Cc1sc(Br)cc1C(N)C1CCS(=O)(=O)C1. The molecule has 90 valence electrons. The molecule has 16 heavy (non-hydrogen) atoms. The van der Waals surface area contributed by atoms with Crippen LogP contribution in [0.15, 0.2) is 9.85 Å². The maximum Gasteiger partial charge on any atom is 0.150 e. The highest BCUT2D eigenvalue weighted by Gasteiger charge is 2.33. The zero-order valence-corrected chi connectivity index (χ0v) is 12.2. The van der Waals surface area contributed by atoms with Gasteiger partial charge in [0.05, 0.1) is 15.3 Å². The molecule has 0 aliphatic carbocycles. The van der Waals surface area contributed by atoms with Gasteiger partial charge in [-0.1, -0.05) is 0 Å². The van der Waals surface area contributed by atoms with E-state index >= 15 is 0 Å². The van der Waals surface area contributed by atoms with Gasteiger partial charge in [0, 0.05) is 10.9 Å². The molecule has 0 spiro atoms. The number of nitrogens with two attached hydrogens (primary N) is 1. The normalized spacial score (nSPS) is 25.8. The summed E-state index contributed by atoms with van der Waals surface area (Å²) in [5, 5.41) is 0. The summed E-state index contributed by atoms with van der Waals surface area (Å²) >= 11 is 5.07. The first-order valence-corrected chi connectivity index (χ1v) is 8.54. The first-order valence-electron chi connectivity index (χ1n) is 5.11. The summed E-state index contributed by atoms with van der Waals surface area (Å²) < 4.78 is 23.9. The molecule has 1 aliphatic heterocycles. The molecular formula is C10H14BrNO2S2. The lowest BCUT2D eigenvalue weighted by Gasteiger charge is -2.17. The Balaban J connectivity index is 2.20. The van der Waals surface area contributed by atoms with E-state index in [2.05, 4.69) is 15.9 Å². The Morgan fingerprint density at radius 2 is 2.31 bits per heavy atom. The minimum atomic E-state index is -2.84. The Hall–Kier alpha value is 0.0900. The molecule has 3 nitrogen and oxygen atoms in total. The van der Waals surface area contributed by atoms with Crippen molar-refractivity contribution in [1.82, 2.24) is 0 Å². The van der Waals surface area contributed by atoms with Gasteiger partial charge in [0.25, 0.3) is 0 Å². The van der Waals surface area contributed by atoms with Gasteiger partial charge >= 0.3 is 0 Å². The molecule has 0 bridgehead atoms. The maximum atomic E-state index is 11.4. The number of aryl methyl sites for hydroxylation is 1. The molecule has 2 unspecified atom stereocenters. The zero-order valence-electron chi connectivity index (χ0n) is 8.94. The topological polar surface area (TPSA) is 60.2 Å². The molecule has 6 heteroatoms. The molecule has 0 radical (unpaired) electrons. The fourth-order valence-corrected chi connectivity index (χ4v) is 5.77. The fourth-order valence-electron chi connectivity index (χ4n) is 2.15. The Kier molecular flexibility index (Phi) is 3.45. The van der Waals surface area contributed by atoms with Crippen LogP contribution in [0.25, 0.3) is 0 Å². The van der Waals surface area contributed by atoms with Crippen molar-refractivity contribution in [3.8, 4) is 0 Å².